The average molecular weight is 433 g/mol. The maximum atomic E-state index is 12.0. The van der Waals surface area contributed by atoms with Gasteiger partial charge in [0.1, 0.15) is 11.3 Å². The van der Waals surface area contributed by atoms with Gasteiger partial charge < -0.3 is 9.30 Å². The molecule has 3 aromatic rings. The maximum Gasteiger partial charge on any atom is 0.236 e. The Bertz CT molecular complexity index is 948. The number of aromatic nitrogens is 5. The van der Waals surface area contributed by atoms with E-state index in [1.165, 1.54) is 28.7 Å². The number of hydrogen-bond acceptors (Lipinski definition) is 8. The van der Waals surface area contributed by atoms with Gasteiger partial charge in [-0.1, -0.05) is 56.0 Å². The number of anilines is 1. The SMILES string of the molecule is CC(Oc1ccc(C(C)(C)C)cc1)c1nnc(SCC(=O)Nc2nncs2)n1C. The van der Waals surface area contributed by atoms with E-state index in [2.05, 4.69) is 58.6 Å². The minimum Gasteiger partial charge on any atom is -0.483 e. The molecule has 3 rings (SSSR count). The van der Waals surface area contributed by atoms with Crippen molar-refractivity contribution < 1.29 is 9.53 Å². The Balaban J connectivity index is 1.58. The molecule has 0 aliphatic rings. The summed E-state index contributed by atoms with van der Waals surface area (Å²) in [5.41, 5.74) is 2.92. The largest absolute Gasteiger partial charge is 0.483 e. The predicted octanol–water partition coefficient (Wildman–Crippen LogP) is 3.83. The van der Waals surface area contributed by atoms with Gasteiger partial charge >= 0.3 is 0 Å². The maximum absolute atomic E-state index is 12.0. The van der Waals surface area contributed by atoms with E-state index in [1.54, 1.807) is 5.51 Å². The van der Waals surface area contributed by atoms with Gasteiger partial charge in [0.05, 0.1) is 5.75 Å². The van der Waals surface area contributed by atoms with Crippen LogP contribution in [0, 0.1) is 0 Å². The molecule has 0 saturated carbocycles. The molecule has 1 amide bonds. The van der Waals surface area contributed by atoms with Crippen molar-refractivity contribution in [3.63, 3.8) is 0 Å². The lowest BCUT2D eigenvalue weighted by molar-refractivity contribution is -0.113. The summed E-state index contributed by atoms with van der Waals surface area (Å²) in [6, 6.07) is 8.11. The van der Waals surface area contributed by atoms with Gasteiger partial charge in [-0.2, -0.15) is 0 Å². The number of thioether (sulfide) groups is 1. The molecule has 8 nitrogen and oxygen atoms in total. The molecule has 1 aromatic carbocycles. The summed E-state index contributed by atoms with van der Waals surface area (Å²) in [6.07, 6.45) is -0.280. The minimum atomic E-state index is -0.280. The quantitative estimate of drug-likeness (QED) is 0.567. The highest BCUT2D eigenvalue weighted by molar-refractivity contribution is 7.99. The number of nitrogens with one attached hydrogen (secondary N) is 1. The first-order chi connectivity index (χ1) is 13.7. The van der Waals surface area contributed by atoms with Crippen LogP contribution in [-0.4, -0.2) is 36.6 Å². The molecule has 154 valence electrons. The van der Waals surface area contributed by atoms with Crippen LogP contribution >= 0.6 is 23.1 Å². The summed E-state index contributed by atoms with van der Waals surface area (Å²) < 4.78 is 7.88. The second kappa shape index (κ2) is 8.91. The first kappa shape index (κ1) is 21.3. The zero-order valence-corrected chi connectivity index (χ0v) is 18.7. The molecule has 0 saturated heterocycles. The molecule has 0 bridgehead atoms. The molecule has 0 fully saturated rings. The molecule has 2 heterocycles. The Hall–Kier alpha value is -2.46. The number of ether oxygens (including phenoxy) is 1. The number of amides is 1. The van der Waals surface area contributed by atoms with Gasteiger partial charge in [0, 0.05) is 7.05 Å². The van der Waals surface area contributed by atoms with Gasteiger partial charge in [-0.25, -0.2) is 0 Å². The number of nitrogens with zero attached hydrogens (tertiary/aromatic N) is 5. The van der Waals surface area contributed by atoms with E-state index >= 15 is 0 Å². The number of carbonyl (C=O) groups excluding carboxylic acids is 1. The third-order valence-electron chi connectivity index (χ3n) is 4.20. The van der Waals surface area contributed by atoms with E-state index in [0.29, 0.717) is 16.1 Å². The smallest absolute Gasteiger partial charge is 0.236 e. The topological polar surface area (TPSA) is 94.8 Å². The second-order valence-corrected chi connectivity index (χ2v) is 9.29. The fourth-order valence-corrected chi connectivity index (χ4v) is 3.79. The average Bonchev–Trinajstić information content (AvgIpc) is 3.29. The Morgan fingerprint density at radius 1 is 1.24 bits per heavy atom. The van der Waals surface area contributed by atoms with Crippen LogP contribution in [0.1, 0.15) is 45.2 Å². The third kappa shape index (κ3) is 5.54. The molecular formula is C19H24N6O2S2. The van der Waals surface area contributed by atoms with Crippen molar-refractivity contribution in [2.75, 3.05) is 11.1 Å². The summed E-state index contributed by atoms with van der Waals surface area (Å²) in [4.78, 5) is 12.0. The lowest BCUT2D eigenvalue weighted by Gasteiger charge is -2.20. The van der Waals surface area contributed by atoms with Crippen molar-refractivity contribution in [2.45, 2.75) is 44.4 Å². The van der Waals surface area contributed by atoms with E-state index in [1.807, 2.05) is 30.7 Å². The number of carbonyl (C=O) groups is 1. The molecule has 0 spiro atoms. The van der Waals surface area contributed by atoms with Crippen LogP contribution in [0.15, 0.2) is 34.9 Å². The highest BCUT2D eigenvalue weighted by Gasteiger charge is 2.19. The van der Waals surface area contributed by atoms with Gasteiger partial charge in [-0.05, 0) is 30.0 Å². The van der Waals surface area contributed by atoms with Crippen LogP contribution in [0.5, 0.6) is 5.75 Å². The Labute approximate surface area is 178 Å². The molecule has 0 aliphatic carbocycles. The van der Waals surface area contributed by atoms with Gasteiger partial charge in [-0.3, -0.25) is 10.1 Å². The number of benzene rings is 1. The zero-order valence-electron chi connectivity index (χ0n) is 17.0. The van der Waals surface area contributed by atoms with E-state index in [9.17, 15) is 4.79 Å². The van der Waals surface area contributed by atoms with Crippen molar-refractivity contribution >= 4 is 34.1 Å². The van der Waals surface area contributed by atoms with Gasteiger partial charge in [0.25, 0.3) is 0 Å². The predicted molar refractivity (Wildman–Crippen MR) is 114 cm³/mol. The first-order valence-electron chi connectivity index (χ1n) is 9.09. The van der Waals surface area contributed by atoms with Crippen molar-refractivity contribution in [1.29, 1.82) is 0 Å². The molecule has 10 heteroatoms. The molecule has 0 radical (unpaired) electrons. The lowest BCUT2D eigenvalue weighted by atomic mass is 9.87. The van der Waals surface area contributed by atoms with Crippen molar-refractivity contribution in [3.8, 4) is 5.75 Å². The van der Waals surface area contributed by atoms with Crippen molar-refractivity contribution in [2.24, 2.45) is 7.05 Å². The highest BCUT2D eigenvalue weighted by Crippen LogP contribution is 2.27. The van der Waals surface area contributed by atoms with E-state index in [0.717, 1.165) is 5.75 Å². The first-order valence-corrected chi connectivity index (χ1v) is 11.0. The Kier molecular flexibility index (Phi) is 6.53. The highest BCUT2D eigenvalue weighted by atomic mass is 32.2. The number of hydrogen-bond donors (Lipinski definition) is 1. The summed E-state index contributed by atoms with van der Waals surface area (Å²) in [5.74, 6) is 1.50. The fourth-order valence-electron chi connectivity index (χ4n) is 2.61. The van der Waals surface area contributed by atoms with Crippen molar-refractivity contribution in [3.05, 3.63) is 41.2 Å². The Morgan fingerprint density at radius 3 is 2.59 bits per heavy atom. The van der Waals surface area contributed by atoms with Gasteiger partial charge in [0.15, 0.2) is 17.1 Å². The minimum absolute atomic E-state index is 0.0994. The Morgan fingerprint density at radius 2 is 1.97 bits per heavy atom. The van der Waals surface area contributed by atoms with E-state index < -0.39 is 0 Å². The number of rotatable bonds is 7. The van der Waals surface area contributed by atoms with Crippen LogP contribution in [0.2, 0.25) is 0 Å². The van der Waals surface area contributed by atoms with Crippen molar-refractivity contribution in [1.82, 2.24) is 25.0 Å². The van der Waals surface area contributed by atoms with E-state index in [-0.39, 0.29) is 23.2 Å². The van der Waals surface area contributed by atoms with Crippen LogP contribution in [0.4, 0.5) is 5.13 Å². The molecule has 1 unspecified atom stereocenters. The lowest BCUT2D eigenvalue weighted by Crippen LogP contribution is -2.14. The van der Waals surface area contributed by atoms with Gasteiger partial charge in [0.2, 0.25) is 11.0 Å². The summed E-state index contributed by atoms with van der Waals surface area (Å²) >= 11 is 2.58. The molecule has 0 aliphatic heterocycles. The molecule has 1 N–H and O–H groups in total. The van der Waals surface area contributed by atoms with Crippen LogP contribution in [0.3, 0.4) is 0 Å². The van der Waals surface area contributed by atoms with Gasteiger partial charge in [-0.15, -0.1) is 20.4 Å². The van der Waals surface area contributed by atoms with Crippen LogP contribution in [-0.2, 0) is 17.3 Å². The molecule has 2 aromatic heterocycles. The van der Waals surface area contributed by atoms with E-state index in [4.69, 9.17) is 4.74 Å². The van der Waals surface area contributed by atoms with Crippen LogP contribution < -0.4 is 10.1 Å². The summed E-state index contributed by atoms with van der Waals surface area (Å²) in [7, 11) is 1.86. The summed E-state index contributed by atoms with van der Waals surface area (Å²) in [5, 5.41) is 19.7. The van der Waals surface area contributed by atoms with Crippen LogP contribution in [0.25, 0.3) is 0 Å². The third-order valence-corrected chi connectivity index (χ3v) is 5.83. The normalized spacial score (nSPS) is 12.6. The monoisotopic (exact) mass is 432 g/mol. The standard InChI is InChI=1S/C19H24N6O2S2/c1-12(27-14-8-6-13(7-9-14)19(2,3)4)16-22-24-18(25(16)5)28-10-15(26)21-17-23-20-11-29-17/h6-9,11-12H,10H2,1-5H3,(H,21,23,26). The zero-order chi connectivity index (χ0) is 21.0. The summed E-state index contributed by atoms with van der Waals surface area (Å²) in [6.45, 7) is 8.47. The molecule has 1 atom stereocenters. The molecular weight excluding hydrogens is 408 g/mol. The molecule has 29 heavy (non-hydrogen) atoms. The second-order valence-electron chi connectivity index (χ2n) is 7.51. The fraction of sp³-hybridized carbons (Fsp3) is 0.421.